The van der Waals surface area contributed by atoms with Crippen molar-refractivity contribution in [2.75, 3.05) is 30.3 Å². The minimum atomic E-state index is -0.336. The molecule has 0 bridgehead atoms. The van der Waals surface area contributed by atoms with Gasteiger partial charge in [-0.25, -0.2) is 4.39 Å². The molecule has 0 saturated carbocycles. The van der Waals surface area contributed by atoms with Crippen LogP contribution in [-0.4, -0.2) is 36.3 Å². The summed E-state index contributed by atoms with van der Waals surface area (Å²) >= 11 is 0. The average Bonchev–Trinajstić information content (AvgIpc) is 2.76. The summed E-state index contributed by atoms with van der Waals surface area (Å²) in [4.78, 5) is 27.0. The van der Waals surface area contributed by atoms with E-state index in [1.807, 2.05) is 47.4 Å². The molecule has 1 aliphatic rings. The number of rotatable bonds is 5. The number of halogens is 1. The molecule has 3 aromatic rings. The van der Waals surface area contributed by atoms with Crippen molar-refractivity contribution >= 4 is 34.0 Å². The largest absolute Gasteiger partial charge is 0.325 e. The molecule has 4 rings (SSSR count). The van der Waals surface area contributed by atoms with Gasteiger partial charge >= 0.3 is 0 Å². The Morgan fingerprint density at radius 3 is 2.37 bits per heavy atom. The minimum absolute atomic E-state index is 0.0294. The van der Waals surface area contributed by atoms with E-state index in [2.05, 4.69) is 10.6 Å². The molecule has 30 heavy (non-hydrogen) atoms. The third-order valence-corrected chi connectivity index (χ3v) is 5.50. The first-order valence-electron chi connectivity index (χ1n) is 10.1. The van der Waals surface area contributed by atoms with E-state index >= 15 is 0 Å². The smallest absolute Gasteiger partial charge is 0.238 e. The van der Waals surface area contributed by atoms with E-state index in [1.165, 1.54) is 24.3 Å². The fraction of sp³-hybridized carbons (Fsp3) is 0.250. The number of hydrogen-bond donors (Lipinski definition) is 2. The number of hydrogen-bond acceptors (Lipinski definition) is 3. The van der Waals surface area contributed by atoms with E-state index < -0.39 is 0 Å². The van der Waals surface area contributed by atoms with Crippen molar-refractivity contribution in [3.8, 4) is 0 Å². The second-order valence-electron chi connectivity index (χ2n) is 7.62. The lowest BCUT2D eigenvalue weighted by Crippen LogP contribution is -2.41. The van der Waals surface area contributed by atoms with E-state index in [9.17, 15) is 14.0 Å². The van der Waals surface area contributed by atoms with Crippen LogP contribution in [0.2, 0.25) is 0 Å². The first-order chi connectivity index (χ1) is 14.6. The molecule has 0 aliphatic carbocycles. The Balaban J connectivity index is 1.28. The van der Waals surface area contributed by atoms with Crippen LogP contribution in [0.15, 0.2) is 66.7 Å². The lowest BCUT2D eigenvalue weighted by molar-refractivity contribution is -0.121. The number of nitrogens with one attached hydrogen (secondary N) is 2. The molecule has 154 valence electrons. The molecule has 1 fully saturated rings. The van der Waals surface area contributed by atoms with Gasteiger partial charge < -0.3 is 10.6 Å². The Labute approximate surface area is 174 Å². The van der Waals surface area contributed by atoms with Crippen LogP contribution in [-0.2, 0) is 9.59 Å². The van der Waals surface area contributed by atoms with Crippen molar-refractivity contribution in [2.24, 2.45) is 5.92 Å². The zero-order chi connectivity index (χ0) is 20.9. The van der Waals surface area contributed by atoms with Gasteiger partial charge in [-0.2, -0.15) is 0 Å². The molecule has 1 saturated heterocycles. The molecule has 5 nitrogen and oxygen atoms in total. The highest BCUT2D eigenvalue weighted by molar-refractivity contribution is 6.02. The normalized spacial score (nSPS) is 15.1. The van der Waals surface area contributed by atoms with Crippen LogP contribution >= 0.6 is 0 Å². The summed E-state index contributed by atoms with van der Waals surface area (Å²) < 4.78 is 13.0. The molecule has 0 atom stereocenters. The number of likely N-dealkylation sites (tertiary alicyclic amines) is 1. The topological polar surface area (TPSA) is 61.4 Å². The van der Waals surface area contributed by atoms with Gasteiger partial charge in [0.2, 0.25) is 11.8 Å². The lowest BCUT2D eigenvalue weighted by Gasteiger charge is -2.30. The van der Waals surface area contributed by atoms with Crippen molar-refractivity contribution in [1.82, 2.24) is 4.90 Å². The number of anilines is 2. The van der Waals surface area contributed by atoms with Gasteiger partial charge in [0.25, 0.3) is 0 Å². The molecular formula is C24H24FN3O2. The zero-order valence-electron chi connectivity index (χ0n) is 16.6. The predicted molar refractivity (Wildman–Crippen MR) is 117 cm³/mol. The predicted octanol–water partition coefficient (Wildman–Crippen LogP) is 4.27. The molecule has 0 spiro atoms. The number of fused-ring (bicyclic) bond motifs is 1. The first kappa shape index (κ1) is 20.0. The van der Waals surface area contributed by atoms with Crippen LogP contribution in [0.4, 0.5) is 15.8 Å². The van der Waals surface area contributed by atoms with E-state index in [4.69, 9.17) is 0 Å². The average molecular weight is 405 g/mol. The molecule has 6 heteroatoms. The molecule has 1 aliphatic heterocycles. The van der Waals surface area contributed by atoms with Gasteiger partial charge in [0.1, 0.15) is 5.82 Å². The van der Waals surface area contributed by atoms with Gasteiger partial charge in [-0.1, -0.05) is 36.4 Å². The van der Waals surface area contributed by atoms with Gasteiger partial charge in [-0.05, 0) is 61.6 Å². The van der Waals surface area contributed by atoms with Crippen LogP contribution in [0.5, 0.6) is 0 Å². The molecule has 0 unspecified atom stereocenters. The molecule has 2 amide bonds. The number of amides is 2. The Hall–Kier alpha value is -3.25. The highest BCUT2D eigenvalue weighted by Gasteiger charge is 2.26. The van der Waals surface area contributed by atoms with E-state index in [0.717, 1.165) is 16.5 Å². The number of benzene rings is 3. The highest BCUT2D eigenvalue weighted by Crippen LogP contribution is 2.25. The number of piperidine rings is 1. The van der Waals surface area contributed by atoms with Crippen LogP contribution in [0.25, 0.3) is 10.8 Å². The summed E-state index contributed by atoms with van der Waals surface area (Å²) in [6.45, 7) is 1.63. The molecule has 2 N–H and O–H groups in total. The van der Waals surface area contributed by atoms with Crippen molar-refractivity contribution in [1.29, 1.82) is 0 Å². The van der Waals surface area contributed by atoms with Gasteiger partial charge in [-0.3, -0.25) is 14.5 Å². The third-order valence-electron chi connectivity index (χ3n) is 5.50. The lowest BCUT2D eigenvalue weighted by atomic mass is 9.95. The summed E-state index contributed by atoms with van der Waals surface area (Å²) in [7, 11) is 0. The standard InChI is InChI=1S/C24H24FN3O2/c25-19-8-10-20(11-9-19)26-23(29)16-28-14-12-18(13-15-28)24(30)27-22-7-3-5-17-4-1-2-6-21(17)22/h1-11,18H,12-16H2,(H,26,29)(H,27,30). The van der Waals surface area contributed by atoms with E-state index in [-0.39, 0.29) is 30.1 Å². The first-order valence-corrected chi connectivity index (χ1v) is 10.1. The quantitative estimate of drug-likeness (QED) is 0.667. The number of nitrogens with zero attached hydrogens (tertiary/aromatic N) is 1. The Kier molecular flexibility index (Phi) is 6.05. The summed E-state index contributed by atoms with van der Waals surface area (Å²) in [6.07, 6.45) is 1.42. The second-order valence-corrected chi connectivity index (χ2v) is 7.62. The Bertz CT molecular complexity index is 1040. The van der Waals surface area contributed by atoms with Gasteiger partial charge in [0.05, 0.1) is 6.54 Å². The number of carbonyl (C=O) groups is 2. The van der Waals surface area contributed by atoms with Crippen LogP contribution < -0.4 is 10.6 Å². The number of carbonyl (C=O) groups excluding carboxylic acids is 2. The van der Waals surface area contributed by atoms with Crippen LogP contribution in [0.3, 0.4) is 0 Å². The summed E-state index contributed by atoms with van der Waals surface area (Å²) in [5.41, 5.74) is 1.41. The van der Waals surface area contributed by atoms with E-state index in [1.54, 1.807) is 0 Å². The van der Waals surface area contributed by atoms with Crippen LogP contribution in [0, 0.1) is 11.7 Å². The monoisotopic (exact) mass is 405 g/mol. The second kappa shape index (κ2) is 9.05. The molecular weight excluding hydrogens is 381 g/mol. The van der Waals surface area contributed by atoms with Crippen molar-refractivity contribution in [2.45, 2.75) is 12.8 Å². The summed E-state index contributed by atoms with van der Waals surface area (Å²) in [6, 6.07) is 19.6. The maximum absolute atomic E-state index is 13.0. The fourth-order valence-electron chi connectivity index (χ4n) is 3.86. The SMILES string of the molecule is O=C(CN1CCC(C(=O)Nc2cccc3ccccc23)CC1)Nc1ccc(F)cc1. The summed E-state index contributed by atoms with van der Waals surface area (Å²) in [5.74, 6) is -0.515. The Morgan fingerprint density at radius 1 is 0.900 bits per heavy atom. The minimum Gasteiger partial charge on any atom is -0.325 e. The van der Waals surface area contributed by atoms with Gasteiger partial charge in [-0.15, -0.1) is 0 Å². The van der Waals surface area contributed by atoms with Crippen molar-refractivity contribution in [3.05, 3.63) is 72.5 Å². The van der Waals surface area contributed by atoms with Crippen LogP contribution in [0.1, 0.15) is 12.8 Å². The maximum atomic E-state index is 13.0. The van der Waals surface area contributed by atoms with E-state index in [0.29, 0.717) is 31.6 Å². The molecule has 0 aromatic heterocycles. The van der Waals surface area contributed by atoms with Gasteiger partial charge in [0, 0.05) is 22.7 Å². The highest BCUT2D eigenvalue weighted by atomic mass is 19.1. The van der Waals surface area contributed by atoms with Gasteiger partial charge in [0.15, 0.2) is 0 Å². The van der Waals surface area contributed by atoms with Crippen molar-refractivity contribution < 1.29 is 14.0 Å². The Morgan fingerprint density at radius 2 is 1.60 bits per heavy atom. The molecule has 3 aromatic carbocycles. The molecule has 0 radical (unpaired) electrons. The fourth-order valence-corrected chi connectivity index (χ4v) is 3.86. The third kappa shape index (κ3) is 4.83. The summed E-state index contributed by atoms with van der Waals surface area (Å²) in [5, 5.41) is 7.98. The van der Waals surface area contributed by atoms with Crippen molar-refractivity contribution in [3.63, 3.8) is 0 Å². The maximum Gasteiger partial charge on any atom is 0.238 e. The zero-order valence-corrected chi connectivity index (χ0v) is 16.6. The molecule has 1 heterocycles.